The molecule has 0 saturated carbocycles. The monoisotopic (exact) mass is 343 g/mol. The predicted molar refractivity (Wildman–Crippen MR) is 88.6 cm³/mol. The Balaban J connectivity index is 1.93. The van der Waals surface area contributed by atoms with Crippen LogP contribution < -0.4 is 8.92 Å². The van der Waals surface area contributed by atoms with Crippen molar-refractivity contribution in [2.75, 3.05) is 7.11 Å². The van der Waals surface area contributed by atoms with Crippen molar-refractivity contribution in [3.05, 3.63) is 53.1 Å². The molecular formula is C18H17NO4S. The highest BCUT2D eigenvalue weighted by atomic mass is 32.2. The van der Waals surface area contributed by atoms with Crippen molar-refractivity contribution >= 4 is 10.1 Å². The molecule has 1 aliphatic rings. The molecule has 2 aromatic rings. The summed E-state index contributed by atoms with van der Waals surface area (Å²) in [7, 11) is -2.56. The number of methoxy groups -OCH3 is 1. The Morgan fingerprint density at radius 3 is 2.46 bits per heavy atom. The largest absolute Gasteiger partial charge is 0.493 e. The SMILES string of the molecule is COc1cc(C#N)ccc1OS(=O)(=O)c1ccc2c(c1)CCCC2. The van der Waals surface area contributed by atoms with Gasteiger partial charge in [-0.3, -0.25) is 0 Å². The van der Waals surface area contributed by atoms with Gasteiger partial charge >= 0.3 is 10.1 Å². The number of hydrogen-bond acceptors (Lipinski definition) is 5. The molecule has 0 atom stereocenters. The highest BCUT2D eigenvalue weighted by Crippen LogP contribution is 2.31. The summed E-state index contributed by atoms with van der Waals surface area (Å²) in [6.07, 6.45) is 4.08. The summed E-state index contributed by atoms with van der Waals surface area (Å²) in [5.74, 6) is 0.268. The lowest BCUT2D eigenvalue weighted by atomic mass is 9.92. The Bertz CT molecular complexity index is 913. The number of ether oxygens (including phenoxy) is 1. The fraction of sp³-hybridized carbons (Fsp3) is 0.278. The first-order valence-electron chi connectivity index (χ1n) is 7.68. The third kappa shape index (κ3) is 3.22. The molecule has 0 bridgehead atoms. The average molecular weight is 343 g/mol. The van der Waals surface area contributed by atoms with Gasteiger partial charge in [0.25, 0.3) is 0 Å². The third-order valence-electron chi connectivity index (χ3n) is 4.10. The van der Waals surface area contributed by atoms with Crippen LogP contribution in [0.4, 0.5) is 0 Å². The van der Waals surface area contributed by atoms with Crippen LogP contribution in [0, 0.1) is 11.3 Å². The van der Waals surface area contributed by atoms with Crippen LogP contribution in [0.1, 0.15) is 29.5 Å². The van der Waals surface area contributed by atoms with Gasteiger partial charge in [0.05, 0.1) is 18.7 Å². The number of benzene rings is 2. The molecule has 3 rings (SSSR count). The van der Waals surface area contributed by atoms with E-state index in [1.165, 1.54) is 30.9 Å². The molecule has 0 aromatic heterocycles. The second-order valence-electron chi connectivity index (χ2n) is 5.65. The van der Waals surface area contributed by atoms with E-state index >= 15 is 0 Å². The lowest BCUT2D eigenvalue weighted by Crippen LogP contribution is -2.12. The first kappa shape index (κ1) is 16.3. The van der Waals surface area contributed by atoms with Crippen LogP contribution in [0.25, 0.3) is 0 Å². The van der Waals surface area contributed by atoms with E-state index in [2.05, 4.69) is 0 Å². The lowest BCUT2D eigenvalue weighted by Gasteiger charge is -2.17. The topological polar surface area (TPSA) is 76.4 Å². The van der Waals surface area contributed by atoms with Crippen molar-refractivity contribution < 1.29 is 17.3 Å². The Morgan fingerprint density at radius 1 is 1.00 bits per heavy atom. The first-order valence-corrected chi connectivity index (χ1v) is 9.09. The molecular weight excluding hydrogens is 326 g/mol. The second-order valence-corrected chi connectivity index (χ2v) is 7.20. The zero-order valence-electron chi connectivity index (χ0n) is 13.3. The number of nitriles is 1. The van der Waals surface area contributed by atoms with Gasteiger partial charge in [0, 0.05) is 6.07 Å². The van der Waals surface area contributed by atoms with Crippen LogP contribution in [-0.2, 0) is 23.0 Å². The van der Waals surface area contributed by atoms with E-state index in [0.717, 1.165) is 31.2 Å². The predicted octanol–water partition coefficient (Wildman–Crippen LogP) is 3.21. The molecule has 0 heterocycles. The zero-order valence-corrected chi connectivity index (χ0v) is 14.1. The van der Waals surface area contributed by atoms with Gasteiger partial charge in [-0.2, -0.15) is 13.7 Å². The van der Waals surface area contributed by atoms with E-state index in [1.807, 2.05) is 12.1 Å². The molecule has 0 radical (unpaired) electrons. The molecule has 124 valence electrons. The summed E-state index contributed by atoms with van der Waals surface area (Å²) in [6, 6.07) is 11.5. The molecule has 0 amide bonds. The van der Waals surface area contributed by atoms with Gasteiger partial charge in [0.1, 0.15) is 4.90 Å². The summed E-state index contributed by atoms with van der Waals surface area (Å²) >= 11 is 0. The summed E-state index contributed by atoms with van der Waals surface area (Å²) in [4.78, 5) is 0.134. The highest BCUT2D eigenvalue weighted by molar-refractivity contribution is 7.87. The molecule has 0 aliphatic heterocycles. The third-order valence-corrected chi connectivity index (χ3v) is 5.33. The minimum Gasteiger partial charge on any atom is -0.493 e. The minimum absolute atomic E-state index is 0.0641. The fourth-order valence-corrected chi connectivity index (χ4v) is 3.83. The van der Waals surface area contributed by atoms with E-state index < -0.39 is 10.1 Å². The quantitative estimate of drug-likeness (QED) is 0.797. The molecule has 1 aliphatic carbocycles. The minimum atomic E-state index is -3.96. The maximum Gasteiger partial charge on any atom is 0.339 e. The molecule has 0 saturated heterocycles. The van der Waals surface area contributed by atoms with Crippen LogP contribution in [0.15, 0.2) is 41.3 Å². The van der Waals surface area contributed by atoms with Crippen LogP contribution in [0.5, 0.6) is 11.5 Å². The molecule has 2 aromatic carbocycles. The van der Waals surface area contributed by atoms with Crippen molar-refractivity contribution in [3.63, 3.8) is 0 Å². The molecule has 6 heteroatoms. The maximum absolute atomic E-state index is 12.6. The van der Waals surface area contributed by atoms with Crippen LogP contribution in [0.2, 0.25) is 0 Å². The summed E-state index contributed by atoms with van der Waals surface area (Å²) in [5, 5.41) is 8.91. The van der Waals surface area contributed by atoms with E-state index in [1.54, 1.807) is 12.1 Å². The number of hydrogen-bond donors (Lipinski definition) is 0. The summed E-state index contributed by atoms with van der Waals surface area (Å²) in [6.45, 7) is 0. The van der Waals surface area contributed by atoms with Crippen molar-refractivity contribution in [2.45, 2.75) is 30.6 Å². The van der Waals surface area contributed by atoms with Gasteiger partial charge in [0.2, 0.25) is 0 Å². The second kappa shape index (κ2) is 6.54. The van der Waals surface area contributed by atoms with Gasteiger partial charge in [-0.15, -0.1) is 0 Å². The van der Waals surface area contributed by atoms with Crippen molar-refractivity contribution in [3.8, 4) is 17.6 Å². The summed E-state index contributed by atoms with van der Waals surface area (Å²) < 4.78 is 35.5. The van der Waals surface area contributed by atoms with Crippen molar-refractivity contribution in [1.82, 2.24) is 0 Å². The number of fused-ring (bicyclic) bond motifs is 1. The molecule has 0 unspecified atom stereocenters. The van der Waals surface area contributed by atoms with E-state index in [9.17, 15) is 8.42 Å². The fourth-order valence-electron chi connectivity index (χ4n) is 2.84. The van der Waals surface area contributed by atoms with E-state index in [-0.39, 0.29) is 16.4 Å². The normalized spacial score (nSPS) is 13.7. The van der Waals surface area contributed by atoms with Crippen molar-refractivity contribution in [1.29, 1.82) is 5.26 Å². The Kier molecular flexibility index (Phi) is 4.45. The Morgan fingerprint density at radius 2 is 1.75 bits per heavy atom. The molecule has 0 fully saturated rings. The highest BCUT2D eigenvalue weighted by Gasteiger charge is 2.21. The van der Waals surface area contributed by atoms with Gasteiger partial charge < -0.3 is 8.92 Å². The average Bonchev–Trinajstić information content (AvgIpc) is 2.61. The van der Waals surface area contributed by atoms with Gasteiger partial charge in [-0.25, -0.2) is 0 Å². The molecule has 5 nitrogen and oxygen atoms in total. The Labute approximate surface area is 141 Å². The first-order chi connectivity index (χ1) is 11.5. The molecule has 0 N–H and O–H groups in total. The van der Waals surface area contributed by atoms with E-state index in [4.69, 9.17) is 14.2 Å². The molecule has 0 spiro atoms. The smallest absolute Gasteiger partial charge is 0.339 e. The van der Waals surface area contributed by atoms with Gasteiger partial charge in [-0.05, 0) is 61.1 Å². The van der Waals surface area contributed by atoms with Gasteiger partial charge in [-0.1, -0.05) is 6.07 Å². The zero-order chi connectivity index (χ0) is 17.2. The molecule has 24 heavy (non-hydrogen) atoms. The lowest BCUT2D eigenvalue weighted by molar-refractivity contribution is 0.390. The van der Waals surface area contributed by atoms with Crippen LogP contribution in [0.3, 0.4) is 0 Å². The maximum atomic E-state index is 12.6. The van der Waals surface area contributed by atoms with Gasteiger partial charge in [0.15, 0.2) is 11.5 Å². The standard InChI is InChI=1S/C18H17NO4S/c1-22-18-10-13(12-19)6-9-17(18)23-24(20,21)16-8-7-14-4-2-3-5-15(14)11-16/h6-11H,2-5H2,1H3. The number of aryl methyl sites for hydroxylation is 2. The summed E-state index contributed by atoms with van der Waals surface area (Å²) in [5.41, 5.74) is 2.64. The number of rotatable bonds is 4. The van der Waals surface area contributed by atoms with Crippen LogP contribution in [-0.4, -0.2) is 15.5 Å². The van der Waals surface area contributed by atoms with Crippen molar-refractivity contribution in [2.24, 2.45) is 0 Å². The van der Waals surface area contributed by atoms with E-state index in [0.29, 0.717) is 5.56 Å². The Hall–Kier alpha value is -2.52. The number of nitrogens with zero attached hydrogens (tertiary/aromatic N) is 1. The van der Waals surface area contributed by atoms with Crippen LogP contribution >= 0.6 is 0 Å².